The van der Waals surface area contributed by atoms with Crippen molar-refractivity contribution in [3.63, 3.8) is 0 Å². The van der Waals surface area contributed by atoms with Crippen molar-refractivity contribution < 1.29 is 4.74 Å². The molecule has 0 aliphatic rings. The van der Waals surface area contributed by atoms with Gasteiger partial charge in [0.1, 0.15) is 5.82 Å². The molecule has 0 aliphatic carbocycles. The van der Waals surface area contributed by atoms with E-state index in [0.717, 1.165) is 5.69 Å². The van der Waals surface area contributed by atoms with Crippen LogP contribution in [0.15, 0.2) is 24.3 Å². The first-order valence-corrected chi connectivity index (χ1v) is 5.13. The average molecular weight is 218 g/mol. The van der Waals surface area contributed by atoms with Crippen molar-refractivity contribution in [3.05, 3.63) is 30.0 Å². The molecule has 0 atom stereocenters. The maximum Gasteiger partial charge on any atom is 0.215 e. The summed E-state index contributed by atoms with van der Waals surface area (Å²) in [6.45, 7) is 4.39. The molecule has 0 saturated carbocycles. The predicted molar refractivity (Wildman–Crippen MR) is 61.7 cm³/mol. The van der Waals surface area contributed by atoms with Crippen LogP contribution in [0.5, 0.6) is 5.88 Å². The molecular weight excluding hydrogens is 204 g/mol. The first-order chi connectivity index (χ1) is 7.70. The fourth-order valence-corrected chi connectivity index (χ4v) is 1.45. The van der Waals surface area contributed by atoms with Gasteiger partial charge >= 0.3 is 0 Å². The van der Waals surface area contributed by atoms with Gasteiger partial charge in [0, 0.05) is 12.1 Å². The maximum atomic E-state index is 5.82. The van der Waals surface area contributed by atoms with Gasteiger partial charge in [-0.2, -0.15) is 14.8 Å². The summed E-state index contributed by atoms with van der Waals surface area (Å²) >= 11 is 0. The smallest absolute Gasteiger partial charge is 0.215 e. The van der Waals surface area contributed by atoms with Crippen molar-refractivity contribution in [2.45, 2.75) is 13.8 Å². The van der Waals surface area contributed by atoms with E-state index in [1.807, 2.05) is 26.0 Å². The molecule has 2 aromatic heterocycles. The van der Waals surface area contributed by atoms with Crippen LogP contribution in [0.1, 0.15) is 12.6 Å². The molecule has 0 unspecified atom stereocenters. The summed E-state index contributed by atoms with van der Waals surface area (Å²) in [5.41, 5.74) is 6.68. The lowest BCUT2D eigenvalue weighted by Crippen LogP contribution is -2.05. The molecule has 16 heavy (non-hydrogen) atoms. The second kappa shape index (κ2) is 4.22. The molecule has 2 heterocycles. The maximum absolute atomic E-state index is 5.82. The van der Waals surface area contributed by atoms with E-state index in [1.54, 1.807) is 16.8 Å². The van der Waals surface area contributed by atoms with Crippen molar-refractivity contribution in [2.75, 3.05) is 12.3 Å². The Morgan fingerprint density at radius 2 is 2.25 bits per heavy atom. The lowest BCUT2D eigenvalue weighted by Gasteiger charge is -2.05. The molecule has 0 saturated heterocycles. The minimum atomic E-state index is 0.568. The molecular formula is C11H14N4O. The number of nitrogens with zero attached hydrogens (tertiary/aromatic N) is 3. The summed E-state index contributed by atoms with van der Waals surface area (Å²) in [7, 11) is 0. The third-order valence-corrected chi connectivity index (χ3v) is 2.08. The van der Waals surface area contributed by atoms with E-state index >= 15 is 0 Å². The second-order valence-electron chi connectivity index (χ2n) is 3.39. The van der Waals surface area contributed by atoms with E-state index in [9.17, 15) is 0 Å². The molecule has 2 rings (SSSR count). The number of ether oxygens (including phenoxy) is 1. The highest BCUT2D eigenvalue weighted by Crippen LogP contribution is 2.15. The zero-order valence-corrected chi connectivity index (χ0v) is 9.34. The summed E-state index contributed by atoms with van der Waals surface area (Å²) in [5.74, 6) is 1.81. The van der Waals surface area contributed by atoms with Crippen LogP contribution in [0.2, 0.25) is 0 Å². The zero-order chi connectivity index (χ0) is 11.5. The highest BCUT2D eigenvalue weighted by Gasteiger charge is 2.06. The second-order valence-corrected chi connectivity index (χ2v) is 3.39. The first kappa shape index (κ1) is 10.5. The molecule has 0 fully saturated rings. The molecule has 5 heteroatoms. The summed E-state index contributed by atoms with van der Waals surface area (Å²) < 4.78 is 6.92. The normalized spacial score (nSPS) is 10.4. The van der Waals surface area contributed by atoms with E-state index in [1.165, 1.54) is 0 Å². The SMILES string of the molecule is CCOc1cccc(-n2nc(C)cc2N)n1. The van der Waals surface area contributed by atoms with Crippen LogP contribution in [-0.2, 0) is 0 Å². The molecule has 0 aromatic carbocycles. The molecule has 0 spiro atoms. The lowest BCUT2D eigenvalue weighted by atomic mass is 10.4. The third kappa shape index (κ3) is 1.98. The summed E-state index contributed by atoms with van der Waals surface area (Å²) in [4.78, 5) is 4.31. The number of aryl methyl sites for hydroxylation is 1. The van der Waals surface area contributed by atoms with E-state index in [2.05, 4.69) is 10.1 Å². The Morgan fingerprint density at radius 3 is 2.88 bits per heavy atom. The highest BCUT2D eigenvalue weighted by atomic mass is 16.5. The molecule has 0 bridgehead atoms. The van der Waals surface area contributed by atoms with E-state index in [0.29, 0.717) is 24.1 Å². The fraction of sp³-hybridized carbons (Fsp3) is 0.273. The Bertz CT molecular complexity index is 492. The molecule has 84 valence electrons. The van der Waals surface area contributed by atoms with E-state index in [4.69, 9.17) is 10.5 Å². The molecule has 0 amide bonds. The lowest BCUT2D eigenvalue weighted by molar-refractivity contribution is 0.326. The predicted octanol–water partition coefficient (Wildman–Crippen LogP) is 1.56. The van der Waals surface area contributed by atoms with Gasteiger partial charge < -0.3 is 10.5 Å². The van der Waals surface area contributed by atoms with Crippen molar-refractivity contribution in [1.82, 2.24) is 14.8 Å². The molecule has 2 aromatic rings. The van der Waals surface area contributed by atoms with E-state index < -0.39 is 0 Å². The number of anilines is 1. The van der Waals surface area contributed by atoms with Crippen LogP contribution in [-0.4, -0.2) is 21.4 Å². The van der Waals surface area contributed by atoms with Crippen LogP contribution >= 0.6 is 0 Å². The summed E-state index contributed by atoms with van der Waals surface area (Å²) in [6.07, 6.45) is 0. The summed E-state index contributed by atoms with van der Waals surface area (Å²) in [5, 5.41) is 4.26. The number of pyridine rings is 1. The number of hydrogen-bond donors (Lipinski definition) is 1. The van der Waals surface area contributed by atoms with Gasteiger partial charge in [0.05, 0.1) is 12.3 Å². The molecule has 2 N–H and O–H groups in total. The van der Waals surface area contributed by atoms with Gasteiger partial charge in [-0.05, 0) is 19.9 Å². The van der Waals surface area contributed by atoms with Crippen LogP contribution < -0.4 is 10.5 Å². The minimum absolute atomic E-state index is 0.568. The number of hydrogen-bond acceptors (Lipinski definition) is 4. The Labute approximate surface area is 93.9 Å². The summed E-state index contributed by atoms with van der Waals surface area (Å²) in [6, 6.07) is 7.31. The Morgan fingerprint density at radius 1 is 1.44 bits per heavy atom. The number of nitrogen functional groups attached to an aromatic ring is 1. The monoisotopic (exact) mass is 218 g/mol. The van der Waals surface area contributed by atoms with Crippen LogP contribution in [0.4, 0.5) is 5.82 Å². The number of rotatable bonds is 3. The molecule has 0 aliphatic heterocycles. The van der Waals surface area contributed by atoms with Crippen LogP contribution in [0.3, 0.4) is 0 Å². The molecule has 5 nitrogen and oxygen atoms in total. The van der Waals surface area contributed by atoms with Crippen molar-refractivity contribution >= 4 is 5.82 Å². The van der Waals surface area contributed by atoms with Gasteiger partial charge in [-0.3, -0.25) is 0 Å². The quantitative estimate of drug-likeness (QED) is 0.849. The third-order valence-electron chi connectivity index (χ3n) is 2.08. The van der Waals surface area contributed by atoms with E-state index in [-0.39, 0.29) is 0 Å². The number of nitrogens with two attached hydrogens (primary N) is 1. The van der Waals surface area contributed by atoms with Gasteiger partial charge in [0.15, 0.2) is 5.82 Å². The molecule has 0 radical (unpaired) electrons. The minimum Gasteiger partial charge on any atom is -0.478 e. The first-order valence-electron chi connectivity index (χ1n) is 5.13. The topological polar surface area (TPSA) is 66.0 Å². The van der Waals surface area contributed by atoms with Crippen molar-refractivity contribution in [3.8, 4) is 11.7 Å². The van der Waals surface area contributed by atoms with Crippen LogP contribution in [0, 0.1) is 6.92 Å². The van der Waals surface area contributed by atoms with Gasteiger partial charge in [-0.25, -0.2) is 0 Å². The zero-order valence-electron chi connectivity index (χ0n) is 9.34. The van der Waals surface area contributed by atoms with Crippen molar-refractivity contribution in [2.24, 2.45) is 0 Å². The Balaban J connectivity index is 2.40. The van der Waals surface area contributed by atoms with Gasteiger partial charge in [-0.15, -0.1) is 0 Å². The average Bonchev–Trinajstić information content (AvgIpc) is 2.59. The standard InChI is InChI=1S/C11H14N4O/c1-3-16-11-6-4-5-10(13-11)15-9(12)7-8(2)14-15/h4-7H,3,12H2,1-2H3. The van der Waals surface area contributed by atoms with Crippen LogP contribution in [0.25, 0.3) is 5.82 Å². The highest BCUT2D eigenvalue weighted by molar-refractivity contribution is 5.39. The van der Waals surface area contributed by atoms with Gasteiger partial charge in [0.25, 0.3) is 0 Å². The Hall–Kier alpha value is -2.04. The number of aromatic nitrogens is 3. The van der Waals surface area contributed by atoms with Crippen molar-refractivity contribution in [1.29, 1.82) is 0 Å². The van der Waals surface area contributed by atoms with Gasteiger partial charge in [0.2, 0.25) is 5.88 Å². The fourth-order valence-electron chi connectivity index (χ4n) is 1.45. The van der Waals surface area contributed by atoms with Gasteiger partial charge in [-0.1, -0.05) is 6.07 Å². The Kier molecular flexibility index (Phi) is 2.76. The largest absolute Gasteiger partial charge is 0.478 e.